The topological polar surface area (TPSA) is 111 Å². The van der Waals surface area contributed by atoms with Crippen LogP contribution in [0.2, 0.25) is 0 Å². The summed E-state index contributed by atoms with van der Waals surface area (Å²) < 4.78 is 5.26. The minimum atomic E-state index is -1.04. The molecule has 2 aromatic rings. The van der Waals surface area contributed by atoms with Crippen LogP contribution >= 0.6 is 0 Å². The molecule has 7 nitrogen and oxygen atoms in total. The second kappa shape index (κ2) is 9.55. The highest BCUT2D eigenvalue weighted by Crippen LogP contribution is 2.16. The number of amides is 3. The van der Waals surface area contributed by atoms with E-state index >= 15 is 0 Å². The number of esters is 1. The van der Waals surface area contributed by atoms with E-state index in [2.05, 4.69) is 10.6 Å². The second-order valence-electron chi connectivity index (χ2n) is 6.64. The molecule has 148 valence electrons. The quantitative estimate of drug-likeness (QED) is 0.638. The summed E-state index contributed by atoms with van der Waals surface area (Å²) in [6.45, 7) is 5.31. The van der Waals surface area contributed by atoms with Crippen LogP contribution in [-0.2, 0) is 20.7 Å². The molecule has 4 N–H and O–H groups in total. The van der Waals surface area contributed by atoms with Gasteiger partial charge in [0.05, 0.1) is 0 Å². The first-order chi connectivity index (χ1) is 13.3. The lowest BCUT2D eigenvalue weighted by molar-refractivity contribution is -0.155. The van der Waals surface area contributed by atoms with Gasteiger partial charge in [-0.3, -0.25) is 4.79 Å². The van der Waals surface area contributed by atoms with Crippen molar-refractivity contribution >= 4 is 23.6 Å². The monoisotopic (exact) mass is 383 g/mol. The Morgan fingerprint density at radius 1 is 1.07 bits per heavy atom. The summed E-state index contributed by atoms with van der Waals surface area (Å²) in [5, 5.41) is 5.11. The number of benzene rings is 2. The van der Waals surface area contributed by atoms with Crippen LogP contribution in [0.1, 0.15) is 23.6 Å². The van der Waals surface area contributed by atoms with Crippen molar-refractivity contribution in [1.29, 1.82) is 0 Å². The molecule has 0 heterocycles. The number of nitrogens with two attached hydrogens (primary N) is 1. The molecule has 0 aromatic heterocycles. The van der Waals surface area contributed by atoms with E-state index in [-0.39, 0.29) is 6.42 Å². The van der Waals surface area contributed by atoms with Gasteiger partial charge in [0, 0.05) is 12.1 Å². The van der Waals surface area contributed by atoms with Gasteiger partial charge in [0.25, 0.3) is 5.91 Å². The van der Waals surface area contributed by atoms with Gasteiger partial charge in [0.15, 0.2) is 6.10 Å². The standard InChI is InChI=1S/C21H25N3O4/c1-13-9-10-17(14(2)11-13)23-19(25)15(3)28-20(26)18(24-21(22)27)12-16-7-5-4-6-8-16/h4-11,15,18H,12H2,1-3H3,(H,23,25)(H3,22,24,27)/t15-,18+/m1/s1. The Morgan fingerprint density at radius 2 is 1.75 bits per heavy atom. The molecule has 28 heavy (non-hydrogen) atoms. The van der Waals surface area contributed by atoms with E-state index in [1.807, 2.05) is 56.3 Å². The number of carbonyl (C=O) groups is 3. The van der Waals surface area contributed by atoms with Crippen LogP contribution in [0.15, 0.2) is 48.5 Å². The molecular weight excluding hydrogens is 358 g/mol. The first-order valence-corrected chi connectivity index (χ1v) is 8.94. The van der Waals surface area contributed by atoms with Crippen molar-refractivity contribution < 1.29 is 19.1 Å². The highest BCUT2D eigenvalue weighted by Gasteiger charge is 2.26. The second-order valence-corrected chi connectivity index (χ2v) is 6.64. The average Bonchev–Trinajstić information content (AvgIpc) is 2.63. The summed E-state index contributed by atoms with van der Waals surface area (Å²) in [5.41, 5.74) is 8.63. The van der Waals surface area contributed by atoms with Crippen LogP contribution in [0.4, 0.5) is 10.5 Å². The van der Waals surface area contributed by atoms with E-state index in [9.17, 15) is 14.4 Å². The summed E-state index contributed by atoms with van der Waals surface area (Å²) in [7, 11) is 0. The van der Waals surface area contributed by atoms with E-state index in [4.69, 9.17) is 10.5 Å². The fourth-order valence-electron chi connectivity index (χ4n) is 2.71. The number of anilines is 1. The Balaban J connectivity index is 2.02. The Hall–Kier alpha value is -3.35. The van der Waals surface area contributed by atoms with Crippen molar-refractivity contribution in [2.75, 3.05) is 5.32 Å². The molecule has 2 rings (SSSR count). The summed E-state index contributed by atoms with van der Waals surface area (Å²) >= 11 is 0. The molecule has 0 aliphatic heterocycles. The van der Waals surface area contributed by atoms with Gasteiger partial charge in [-0.15, -0.1) is 0 Å². The number of ether oxygens (including phenoxy) is 1. The fourth-order valence-corrected chi connectivity index (χ4v) is 2.71. The van der Waals surface area contributed by atoms with E-state index in [1.165, 1.54) is 6.92 Å². The summed E-state index contributed by atoms with van der Waals surface area (Å²) in [6, 6.07) is 12.9. The maximum absolute atomic E-state index is 12.5. The highest BCUT2D eigenvalue weighted by molar-refractivity contribution is 5.96. The van der Waals surface area contributed by atoms with Crippen molar-refractivity contribution in [3.63, 3.8) is 0 Å². The number of carbonyl (C=O) groups excluding carboxylic acids is 3. The number of rotatable bonds is 7. The van der Waals surface area contributed by atoms with Crippen LogP contribution in [0.25, 0.3) is 0 Å². The van der Waals surface area contributed by atoms with Crippen molar-refractivity contribution in [1.82, 2.24) is 5.32 Å². The zero-order valence-electron chi connectivity index (χ0n) is 16.2. The van der Waals surface area contributed by atoms with Gasteiger partial charge in [0.1, 0.15) is 6.04 Å². The van der Waals surface area contributed by atoms with Gasteiger partial charge in [-0.2, -0.15) is 0 Å². The molecule has 0 bridgehead atoms. The summed E-state index contributed by atoms with van der Waals surface area (Å²) in [5.74, 6) is -1.19. The van der Waals surface area contributed by atoms with E-state index in [0.29, 0.717) is 5.69 Å². The number of aryl methyl sites for hydroxylation is 2. The zero-order valence-corrected chi connectivity index (χ0v) is 16.2. The average molecular weight is 383 g/mol. The highest BCUT2D eigenvalue weighted by atomic mass is 16.5. The molecule has 0 fully saturated rings. The molecule has 0 spiro atoms. The van der Waals surface area contributed by atoms with Gasteiger partial charge < -0.3 is 21.1 Å². The van der Waals surface area contributed by atoms with Crippen LogP contribution in [0.5, 0.6) is 0 Å². The normalized spacial score (nSPS) is 12.5. The molecule has 0 aliphatic carbocycles. The van der Waals surface area contributed by atoms with Crippen LogP contribution < -0.4 is 16.4 Å². The Labute approximate surface area is 164 Å². The minimum absolute atomic E-state index is 0.202. The maximum Gasteiger partial charge on any atom is 0.329 e. The summed E-state index contributed by atoms with van der Waals surface area (Å²) in [4.78, 5) is 36.1. The molecule has 3 amide bonds. The summed E-state index contributed by atoms with van der Waals surface area (Å²) in [6.07, 6.45) is -0.838. The molecule has 2 atom stereocenters. The Bertz CT molecular complexity index is 852. The molecule has 2 aromatic carbocycles. The smallest absolute Gasteiger partial charge is 0.329 e. The molecular formula is C21H25N3O4. The van der Waals surface area contributed by atoms with Gasteiger partial charge in [0.2, 0.25) is 0 Å². The van der Waals surface area contributed by atoms with Gasteiger partial charge in [-0.25, -0.2) is 9.59 Å². The van der Waals surface area contributed by atoms with Gasteiger partial charge in [-0.1, -0.05) is 48.0 Å². The lowest BCUT2D eigenvalue weighted by Gasteiger charge is -2.20. The minimum Gasteiger partial charge on any atom is -0.451 e. The molecule has 0 aliphatic rings. The predicted octanol–water partition coefficient (Wildman–Crippen LogP) is 2.45. The molecule has 0 saturated carbocycles. The van der Waals surface area contributed by atoms with Crippen LogP contribution in [0, 0.1) is 13.8 Å². The Morgan fingerprint density at radius 3 is 2.36 bits per heavy atom. The number of nitrogens with one attached hydrogen (secondary N) is 2. The molecule has 0 radical (unpaired) electrons. The largest absolute Gasteiger partial charge is 0.451 e. The molecule has 7 heteroatoms. The third kappa shape index (κ3) is 6.12. The predicted molar refractivity (Wildman–Crippen MR) is 107 cm³/mol. The molecule has 0 saturated heterocycles. The van der Waals surface area contributed by atoms with E-state index in [1.54, 1.807) is 6.07 Å². The fraction of sp³-hybridized carbons (Fsp3) is 0.286. The van der Waals surface area contributed by atoms with Crippen molar-refractivity contribution in [2.24, 2.45) is 5.73 Å². The SMILES string of the molecule is Cc1ccc(NC(=O)[C@@H](C)OC(=O)[C@H](Cc2ccccc2)NC(N)=O)c(C)c1. The lowest BCUT2D eigenvalue weighted by Crippen LogP contribution is -2.47. The first-order valence-electron chi connectivity index (χ1n) is 8.94. The third-order valence-electron chi connectivity index (χ3n) is 4.19. The van der Waals surface area contributed by atoms with Crippen molar-refractivity contribution in [2.45, 2.75) is 39.3 Å². The third-order valence-corrected chi connectivity index (χ3v) is 4.19. The van der Waals surface area contributed by atoms with Gasteiger partial charge >= 0.3 is 12.0 Å². The number of urea groups is 1. The number of hydrogen-bond donors (Lipinski definition) is 3. The lowest BCUT2D eigenvalue weighted by atomic mass is 10.1. The van der Waals surface area contributed by atoms with E-state index < -0.39 is 30.1 Å². The van der Waals surface area contributed by atoms with Crippen LogP contribution in [0.3, 0.4) is 0 Å². The van der Waals surface area contributed by atoms with Gasteiger partial charge in [-0.05, 0) is 38.0 Å². The number of hydrogen-bond acceptors (Lipinski definition) is 4. The number of primary amides is 1. The van der Waals surface area contributed by atoms with Crippen molar-refractivity contribution in [3.05, 3.63) is 65.2 Å². The zero-order chi connectivity index (χ0) is 20.7. The van der Waals surface area contributed by atoms with Crippen LogP contribution in [-0.4, -0.2) is 30.1 Å². The first kappa shape index (κ1) is 21.0. The van der Waals surface area contributed by atoms with Crippen molar-refractivity contribution in [3.8, 4) is 0 Å². The molecule has 0 unspecified atom stereocenters. The Kier molecular flexibility index (Phi) is 7.14. The maximum atomic E-state index is 12.5. The van der Waals surface area contributed by atoms with E-state index in [0.717, 1.165) is 16.7 Å².